The molecule has 18 heavy (non-hydrogen) atoms. The summed E-state index contributed by atoms with van der Waals surface area (Å²) in [6.45, 7) is 6.48. The van der Waals surface area contributed by atoms with Crippen molar-refractivity contribution in [2.45, 2.75) is 65.7 Å². The lowest BCUT2D eigenvalue weighted by Crippen LogP contribution is -2.88. The maximum absolute atomic E-state index is 11.8. The van der Waals surface area contributed by atoms with E-state index in [2.05, 4.69) is 13.8 Å². The van der Waals surface area contributed by atoms with E-state index in [-0.39, 0.29) is 0 Å². The predicted octanol–water partition coefficient (Wildman–Crippen LogP) is 4.21. The average molecular weight is 246 g/mol. The SMILES string of the molecule is CCC(CC)(CC(C)=O)C12CC3CC4CC(C1)C432. The second kappa shape index (κ2) is 3.04. The van der Waals surface area contributed by atoms with Gasteiger partial charge in [0.05, 0.1) is 0 Å². The van der Waals surface area contributed by atoms with E-state index in [9.17, 15) is 4.79 Å². The molecule has 4 fully saturated rings. The molecule has 2 atom stereocenters. The highest BCUT2D eigenvalue weighted by Crippen LogP contribution is 2.96. The summed E-state index contributed by atoms with van der Waals surface area (Å²) in [5, 5.41) is 0. The molecule has 4 saturated carbocycles. The third-order valence-corrected chi connectivity index (χ3v) is 8.14. The highest BCUT2D eigenvalue weighted by atomic mass is 16.1. The lowest BCUT2D eigenvalue weighted by atomic mass is 9.10. The molecule has 0 aromatic carbocycles. The van der Waals surface area contributed by atoms with E-state index in [0.717, 1.165) is 29.6 Å². The van der Waals surface area contributed by atoms with Crippen LogP contribution in [0.3, 0.4) is 0 Å². The molecule has 0 saturated heterocycles. The van der Waals surface area contributed by atoms with Gasteiger partial charge in [-0.3, -0.25) is 0 Å². The number of ketones is 1. The Balaban J connectivity index is 1.71. The van der Waals surface area contributed by atoms with Crippen LogP contribution in [-0.4, -0.2) is 5.78 Å². The maximum atomic E-state index is 11.8. The van der Waals surface area contributed by atoms with Crippen molar-refractivity contribution in [3.63, 3.8) is 0 Å². The smallest absolute Gasteiger partial charge is 0.130 e. The molecule has 100 valence electrons. The van der Waals surface area contributed by atoms with Gasteiger partial charge in [-0.15, -0.1) is 0 Å². The first-order valence-corrected chi connectivity index (χ1v) is 8.06. The van der Waals surface area contributed by atoms with Crippen molar-refractivity contribution in [2.24, 2.45) is 34.0 Å². The monoisotopic (exact) mass is 246 g/mol. The summed E-state index contributed by atoms with van der Waals surface area (Å²) in [4.78, 5) is 11.8. The van der Waals surface area contributed by atoms with E-state index in [0.29, 0.717) is 16.6 Å². The molecule has 0 amide bonds. The van der Waals surface area contributed by atoms with Gasteiger partial charge in [0.15, 0.2) is 0 Å². The molecule has 4 rings (SSSR count). The molecular weight excluding hydrogens is 220 g/mol. The van der Waals surface area contributed by atoms with Crippen LogP contribution in [0.5, 0.6) is 0 Å². The lowest BCUT2D eigenvalue weighted by Gasteiger charge is -2.94. The molecule has 0 heterocycles. The Morgan fingerprint density at radius 3 is 2.00 bits per heavy atom. The van der Waals surface area contributed by atoms with Crippen molar-refractivity contribution in [1.82, 2.24) is 0 Å². The van der Waals surface area contributed by atoms with Crippen LogP contribution in [0.4, 0.5) is 0 Å². The highest BCUT2D eigenvalue weighted by Gasteiger charge is 2.90. The van der Waals surface area contributed by atoms with E-state index >= 15 is 0 Å². The molecule has 4 aliphatic rings. The average Bonchev–Trinajstić information content (AvgIpc) is 2.22. The van der Waals surface area contributed by atoms with Crippen molar-refractivity contribution in [2.75, 3.05) is 0 Å². The molecule has 0 aliphatic heterocycles. The second-order valence-electron chi connectivity index (χ2n) is 7.85. The minimum Gasteiger partial charge on any atom is -0.300 e. The molecule has 4 aliphatic carbocycles. The summed E-state index contributed by atoms with van der Waals surface area (Å²) in [6.07, 6.45) is 9.29. The number of hydrogen-bond acceptors (Lipinski definition) is 1. The van der Waals surface area contributed by atoms with Crippen LogP contribution in [0.15, 0.2) is 0 Å². The van der Waals surface area contributed by atoms with Crippen LogP contribution in [0.1, 0.15) is 65.7 Å². The zero-order valence-corrected chi connectivity index (χ0v) is 12.1. The van der Waals surface area contributed by atoms with Crippen molar-refractivity contribution in [1.29, 1.82) is 0 Å². The molecular formula is C17H26O. The fraction of sp³-hybridized carbons (Fsp3) is 0.941. The molecule has 0 bridgehead atoms. The van der Waals surface area contributed by atoms with Crippen LogP contribution in [-0.2, 0) is 4.79 Å². The molecule has 1 heteroatoms. The topological polar surface area (TPSA) is 17.1 Å². The second-order valence-corrected chi connectivity index (χ2v) is 7.85. The Morgan fingerprint density at radius 1 is 1.11 bits per heavy atom. The van der Waals surface area contributed by atoms with Crippen molar-refractivity contribution in [3.05, 3.63) is 0 Å². The molecule has 0 aromatic heterocycles. The summed E-state index contributed by atoms with van der Waals surface area (Å²) in [7, 11) is 0. The van der Waals surface area contributed by atoms with Gasteiger partial charge in [-0.25, -0.2) is 0 Å². The third kappa shape index (κ3) is 0.806. The van der Waals surface area contributed by atoms with Gasteiger partial charge in [0.1, 0.15) is 5.78 Å². The normalized spacial score (nSPS) is 50.9. The highest BCUT2D eigenvalue weighted by molar-refractivity contribution is 5.76. The van der Waals surface area contributed by atoms with Crippen molar-refractivity contribution < 1.29 is 4.79 Å². The van der Waals surface area contributed by atoms with Crippen LogP contribution < -0.4 is 0 Å². The van der Waals surface area contributed by atoms with E-state index in [4.69, 9.17) is 0 Å². The number of rotatable bonds is 5. The van der Waals surface area contributed by atoms with Crippen molar-refractivity contribution in [3.8, 4) is 0 Å². The summed E-state index contributed by atoms with van der Waals surface area (Å²) < 4.78 is 0. The van der Waals surface area contributed by atoms with Gasteiger partial charge < -0.3 is 4.79 Å². The first-order chi connectivity index (χ1) is 8.56. The fourth-order valence-corrected chi connectivity index (χ4v) is 7.65. The Morgan fingerprint density at radius 2 is 1.67 bits per heavy atom. The molecule has 1 nitrogen and oxygen atoms in total. The Labute approximate surface area is 111 Å². The molecule has 0 N–H and O–H groups in total. The summed E-state index contributed by atoms with van der Waals surface area (Å²) in [5.74, 6) is 3.63. The van der Waals surface area contributed by atoms with Gasteiger partial charge in [-0.1, -0.05) is 13.8 Å². The minimum atomic E-state index is 0.352. The number of carbonyl (C=O) groups excluding carboxylic acids is 1. The zero-order chi connectivity index (χ0) is 12.8. The summed E-state index contributed by atoms with van der Waals surface area (Å²) in [5.41, 5.74) is 1.73. The Bertz CT molecular complexity index is 392. The summed E-state index contributed by atoms with van der Waals surface area (Å²) in [6, 6.07) is 0. The molecule has 0 aromatic rings. The van der Waals surface area contributed by atoms with Crippen LogP contribution in [0, 0.1) is 34.0 Å². The third-order valence-electron chi connectivity index (χ3n) is 8.14. The molecule has 1 spiro atoms. The quantitative estimate of drug-likeness (QED) is 0.710. The van der Waals surface area contributed by atoms with Gasteiger partial charge in [0.25, 0.3) is 0 Å². The number of Topliss-reactive ketones (excluding diaryl/α,β-unsaturated/α-hetero) is 1. The van der Waals surface area contributed by atoms with Gasteiger partial charge in [0.2, 0.25) is 0 Å². The van der Waals surface area contributed by atoms with Gasteiger partial charge in [0, 0.05) is 6.42 Å². The number of hydrogen-bond donors (Lipinski definition) is 0. The maximum Gasteiger partial charge on any atom is 0.130 e. The lowest BCUT2D eigenvalue weighted by molar-refractivity contribution is -0.464. The van der Waals surface area contributed by atoms with Crippen molar-refractivity contribution >= 4 is 5.78 Å². The fourth-order valence-electron chi connectivity index (χ4n) is 7.65. The van der Waals surface area contributed by atoms with Crippen LogP contribution >= 0.6 is 0 Å². The summed E-state index contributed by atoms with van der Waals surface area (Å²) >= 11 is 0. The van der Waals surface area contributed by atoms with E-state index in [1.165, 1.54) is 38.5 Å². The van der Waals surface area contributed by atoms with E-state index in [1.54, 1.807) is 6.92 Å². The largest absolute Gasteiger partial charge is 0.300 e. The van der Waals surface area contributed by atoms with E-state index in [1.807, 2.05) is 0 Å². The zero-order valence-electron chi connectivity index (χ0n) is 12.1. The standard InChI is InChI=1S/C17H26O/c1-4-15(5-2,8-11(3)18)16-9-13-6-12-7-14(10-16)17(12,13)16/h12-14H,4-10H2,1-3H3. The van der Waals surface area contributed by atoms with Crippen LogP contribution in [0.2, 0.25) is 0 Å². The minimum absolute atomic E-state index is 0.352. The first kappa shape index (κ1) is 11.5. The Hall–Kier alpha value is -0.330. The molecule has 0 radical (unpaired) electrons. The van der Waals surface area contributed by atoms with Gasteiger partial charge in [-0.2, -0.15) is 0 Å². The van der Waals surface area contributed by atoms with Crippen LogP contribution in [0.25, 0.3) is 0 Å². The molecule has 2 unspecified atom stereocenters. The van der Waals surface area contributed by atoms with Gasteiger partial charge >= 0.3 is 0 Å². The number of carbonyl (C=O) groups is 1. The van der Waals surface area contributed by atoms with E-state index < -0.39 is 0 Å². The predicted molar refractivity (Wildman–Crippen MR) is 72.1 cm³/mol. The first-order valence-electron chi connectivity index (χ1n) is 8.06. The Kier molecular flexibility index (Phi) is 1.94. The van der Waals surface area contributed by atoms with Gasteiger partial charge in [-0.05, 0) is 79.4 Å².